The van der Waals surface area contributed by atoms with Gasteiger partial charge in [0.1, 0.15) is 0 Å². The van der Waals surface area contributed by atoms with Gasteiger partial charge in [0.2, 0.25) is 0 Å². The van der Waals surface area contributed by atoms with Crippen molar-refractivity contribution in [3.05, 3.63) is 46.8 Å². The molecule has 1 heterocycles. The lowest BCUT2D eigenvalue weighted by molar-refractivity contribution is -0.304. The average Bonchev–Trinajstić information content (AvgIpc) is 2.51. The van der Waals surface area contributed by atoms with Crippen molar-refractivity contribution in [2.45, 2.75) is 36.6 Å². The molecule has 0 aliphatic rings. The van der Waals surface area contributed by atoms with E-state index < -0.39 is 11.2 Å². The van der Waals surface area contributed by atoms with Crippen molar-refractivity contribution in [2.24, 2.45) is 0 Å². The molecule has 0 radical (unpaired) electrons. The molecule has 22 heavy (non-hydrogen) atoms. The van der Waals surface area contributed by atoms with Gasteiger partial charge in [-0.15, -0.1) is 0 Å². The molecule has 2 rings (SSSR count). The Morgan fingerprint density at radius 1 is 1.36 bits per heavy atom. The molecule has 1 aromatic heterocycles. The van der Waals surface area contributed by atoms with Gasteiger partial charge in [0, 0.05) is 11.6 Å². The topological polar surface area (TPSA) is 85.9 Å². The maximum Gasteiger partial charge on any atom is 0.252 e. The SMILES string of the molecule is CCCC[C@@H](Sc1nc(-c2ccccc2)cc(=O)[nH]1)C(=O)[O-]. The molecule has 116 valence electrons. The van der Waals surface area contributed by atoms with Gasteiger partial charge in [-0.2, -0.15) is 0 Å². The Balaban J connectivity index is 2.26. The Morgan fingerprint density at radius 2 is 2.09 bits per heavy atom. The van der Waals surface area contributed by atoms with E-state index in [0.717, 1.165) is 30.2 Å². The zero-order valence-corrected chi connectivity index (χ0v) is 13.1. The second-order valence-corrected chi connectivity index (χ2v) is 6.06. The van der Waals surface area contributed by atoms with Gasteiger partial charge < -0.3 is 14.9 Å². The van der Waals surface area contributed by atoms with Gasteiger partial charge >= 0.3 is 0 Å². The third-order valence-electron chi connectivity index (χ3n) is 3.13. The number of carbonyl (C=O) groups excluding carboxylic acids is 1. The number of aromatic nitrogens is 2. The number of H-pyrrole nitrogens is 1. The Morgan fingerprint density at radius 3 is 2.73 bits per heavy atom. The minimum Gasteiger partial charge on any atom is -0.549 e. The number of nitrogens with one attached hydrogen (secondary N) is 1. The molecule has 1 aromatic carbocycles. The summed E-state index contributed by atoms with van der Waals surface area (Å²) in [7, 11) is 0. The molecule has 0 saturated carbocycles. The molecule has 6 heteroatoms. The molecule has 0 aliphatic carbocycles. The number of aromatic amines is 1. The smallest absolute Gasteiger partial charge is 0.252 e. The average molecular weight is 317 g/mol. The van der Waals surface area contributed by atoms with E-state index in [1.165, 1.54) is 6.07 Å². The second-order valence-electron chi connectivity index (χ2n) is 4.87. The highest BCUT2D eigenvalue weighted by Gasteiger charge is 2.14. The molecule has 2 aromatic rings. The lowest BCUT2D eigenvalue weighted by Gasteiger charge is -2.16. The third-order valence-corrected chi connectivity index (χ3v) is 4.26. The van der Waals surface area contributed by atoms with Crippen LogP contribution in [-0.4, -0.2) is 21.2 Å². The van der Waals surface area contributed by atoms with Gasteiger partial charge in [0.05, 0.1) is 16.9 Å². The van der Waals surface area contributed by atoms with Crippen molar-refractivity contribution in [2.75, 3.05) is 0 Å². The Hall–Kier alpha value is -2.08. The van der Waals surface area contributed by atoms with E-state index in [0.29, 0.717) is 17.3 Å². The summed E-state index contributed by atoms with van der Waals surface area (Å²) < 4.78 is 0. The minimum absolute atomic E-state index is 0.302. The number of aliphatic carboxylic acids is 1. The van der Waals surface area contributed by atoms with Crippen LogP contribution in [0.15, 0.2) is 46.3 Å². The highest BCUT2D eigenvalue weighted by atomic mass is 32.2. The number of carboxylic acid groups (broad SMARTS) is 1. The zero-order valence-electron chi connectivity index (χ0n) is 12.2. The lowest BCUT2D eigenvalue weighted by Crippen LogP contribution is -2.33. The highest BCUT2D eigenvalue weighted by Crippen LogP contribution is 2.24. The number of hydrogen-bond acceptors (Lipinski definition) is 5. The molecular formula is C16H17N2O3S-. The number of thioether (sulfide) groups is 1. The maximum absolute atomic E-state index is 11.8. The van der Waals surface area contributed by atoms with Crippen molar-refractivity contribution < 1.29 is 9.90 Å². The van der Waals surface area contributed by atoms with Crippen molar-refractivity contribution in [1.82, 2.24) is 9.97 Å². The fourth-order valence-corrected chi connectivity index (χ4v) is 2.96. The molecule has 0 bridgehead atoms. The van der Waals surface area contributed by atoms with Crippen LogP contribution in [0.3, 0.4) is 0 Å². The number of unbranched alkanes of at least 4 members (excludes halogenated alkanes) is 1. The first-order chi connectivity index (χ1) is 10.6. The van der Waals surface area contributed by atoms with E-state index in [4.69, 9.17) is 0 Å². The summed E-state index contributed by atoms with van der Waals surface area (Å²) in [6.07, 6.45) is 2.18. The first-order valence-electron chi connectivity index (χ1n) is 7.14. The molecule has 0 saturated heterocycles. The Bertz CT molecular complexity index is 685. The monoisotopic (exact) mass is 317 g/mol. The van der Waals surface area contributed by atoms with E-state index >= 15 is 0 Å². The molecule has 0 spiro atoms. The van der Waals surface area contributed by atoms with Gasteiger partial charge in [-0.25, -0.2) is 4.98 Å². The van der Waals surface area contributed by atoms with Gasteiger partial charge in [-0.05, 0) is 6.42 Å². The predicted octanol–water partition coefficient (Wildman–Crippen LogP) is 1.84. The molecule has 1 atom stereocenters. The normalized spacial score (nSPS) is 12.0. The molecule has 5 nitrogen and oxygen atoms in total. The summed E-state index contributed by atoms with van der Waals surface area (Å²) >= 11 is 1.03. The van der Waals surface area contributed by atoms with Crippen molar-refractivity contribution >= 4 is 17.7 Å². The van der Waals surface area contributed by atoms with E-state index in [1.807, 2.05) is 37.3 Å². The van der Waals surface area contributed by atoms with Crippen LogP contribution in [0.4, 0.5) is 0 Å². The van der Waals surface area contributed by atoms with Crippen molar-refractivity contribution in [3.63, 3.8) is 0 Å². The molecule has 0 fully saturated rings. The van der Waals surface area contributed by atoms with E-state index in [9.17, 15) is 14.7 Å². The van der Waals surface area contributed by atoms with Crippen LogP contribution >= 0.6 is 11.8 Å². The van der Waals surface area contributed by atoms with Crippen molar-refractivity contribution in [3.8, 4) is 11.3 Å². The van der Waals surface area contributed by atoms with Gasteiger partial charge in [-0.3, -0.25) is 4.79 Å². The van der Waals surface area contributed by atoms with E-state index in [2.05, 4.69) is 9.97 Å². The van der Waals surface area contributed by atoms with Crippen molar-refractivity contribution in [1.29, 1.82) is 0 Å². The predicted molar refractivity (Wildman–Crippen MR) is 84.5 cm³/mol. The number of nitrogens with zero attached hydrogens (tertiary/aromatic N) is 1. The van der Waals surface area contributed by atoms with Crippen LogP contribution in [0.2, 0.25) is 0 Å². The molecule has 0 aliphatic heterocycles. The third kappa shape index (κ3) is 4.46. The standard InChI is InChI=1S/C16H18N2O3S/c1-2-3-9-13(15(20)21)22-16-17-12(10-14(19)18-16)11-7-5-4-6-8-11/h4-8,10,13H,2-3,9H2,1H3,(H,20,21)(H,17,18,19)/p-1/t13-/m1/s1. The molecule has 1 N–H and O–H groups in total. The van der Waals surface area contributed by atoms with Gasteiger partial charge in [0.15, 0.2) is 5.16 Å². The number of benzene rings is 1. The zero-order chi connectivity index (χ0) is 15.9. The number of rotatable bonds is 7. The summed E-state index contributed by atoms with van der Waals surface area (Å²) in [6, 6.07) is 10.7. The summed E-state index contributed by atoms with van der Waals surface area (Å²) in [6.45, 7) is 1.99. The largest absolute Gasteiger partial charge is 0.549 e. The number of carbonyl (C=O) groups is 1. The van der Waals surface area contributed by atoms with E-state index in [1.54, 1.807) is 0 Å². The maximum atomic E-state index is 11.8. The lowest BCUT2D eigenvalue weighted by atomic mass is 10.1. The minimum atomic E-state index is -1.13. The van der Waals surface area contributed by atoms with Gasteiger partial charge in [-0.1, -0.05) is 61.9 Å². The van der Waals surface area contributed by atoms with Crippen LogP contribution in [0, 0.1) is 0 Å². The molecule has 0 unspecified atom stereocenters. The summed E-state index contributed by atoms with van der Waals surface area (Å²) in [4.78, 5) is 29.9. The van der Waals surface area contributed by atoms with Crippen LogP contribution < -0.4 is 10.7 Å². The van der Waals surface area contributed by atoms with Crippen LogP contribution in [-0.2, 0) is 4.79 Å². The summed E-state index contributed by atoms with van der Waals surface area (Å²) in [5, 5.41) is 10.8. The van der Waals surface area contributed by atoms with Gasteiger partial charge in [0.25, 0.3) is 5.56 Å². The fraction of sp³-hybridized carbons (Fsp3) is 0.312. The first kappa shape index (κ1) is 16.3. The van der Waals surface area contributed by atoms with Crippen LogP contribution in [0.25, 0.3) is 11.3 Å². The first-order valence-corrected chi connectivity index (χ1v) is 8.02. The van der Waals surface area contributed by atoms with Crippen LogP contribution in [0.1, 0.15) is 26.2 Å². The summed E-state index contributed by atoms with van der Waals surface area (Å²) in [5.74, 6) is -1.13. The second kappa shape index (κ2) is 7.79. The molecular weight excluding hydrogens is 300 g/mol. The fourth-order valence-electron chi connectivity index (χ4n) is 2.00. The summed E-state index contributed by atoms with van der Waals surface area (Å²) in [5.41, 5.74) is 1.04. The molecule has 0 amide bonds. The number of hydrogen-bond donors (Lipinski definition) is 1. The Labute approximate surface area is 132 Å². The van der Waals surface area contributed by atoms with E-state index in [-0.39, 0.29) is 5.56 Å². The highest BCUT2D eigenvalue weighted by molar-refractivity contribution is 8.00. The van der Waals surface area contributed by atoms with Crippen LogP contribution in [0.5, 0.6) is 0 Å². The quantitative estimate of drug-likeness (QED) is 0.622. The Kier molecular flexibility index (Phi) is 5.77. The number of carboxylic acids is 1.